The Hall–Kier alpha value is -1.98. The summed E-state index contributed by atoms with van der Waals surface area (Å²) in [6, 6.07) is 8.37. The number of piperidine rings is 1. The van der Waals surface area contributed by atoms with Crippen LogP contribution in [-0.2, 0) is 6.54 Å². The lowest BCUT2D eigenvalue weighted by Crippen LogP contribution is -3.11. The van der Waals surface area contributed by atoms with Crippen LogP contribution in [-0.4, -0.2) is 23.1 Å². The van der Waals surface area contributed by atoms with E-state index in [1.165, 1.54) is 36.4 Å². The van der Waals surface area contributed by atoms with E-state index >= 15 is 0 Å². The number of rotatable bonds is 3. The Labute approximate surface area is 157 Å². The van der Waals surface area contributed by atoms with Crippen LogP contribution in [0.5, 0.6) is 0 Å². The van der Waals surface area contributed by atoms with Crippen LogP contribution >= 0.6 is 11.3 Å². The summed E-state index contributed by atoms with van der Waals surface area (Å²) < 4.78 is 0. The summed E-state index contributed by atoms with van der Waals surface area (Å²) in [5.74, 6) is 1.65. The monoisotopic (exact) mass is 368 g/mol. The molecular formula is C21H26N3OS+. The van der Waals surface area contributed by atoms with Crippen molar-refractivity contribution >= 4 is 21.6 Å². The molecule has 4 rings (SSSR count). The first kappa shape index (κ1) is 17.4. The molecule has 1 aliphatic rings. The van der Waals surface area contributed by atoms with Gasteiger partial charge in [-0.25, -0.2) is 4.98 Å². The number of aromatic amines is 1. The Morgan fingerprint density at radius 1 is 1.19 bits per heavy atom. The van der Waals surface area contributed by atoms with Crippen LogP contribution in [0.4, 0.5) is 0 Å². The second-order valence-electron chi connectivity index (χ2n) is 7.70. The predicted molar refractivity (Wildman–Crippen MR) is 108 cm³/mol. The highest BCUT2D eigenvalue weighted by Crippen LogP contribution is 2.35. The van der Waals surface area contributed by atoms with Gasteiger partial charge < -0.3 is 9.88 Å². The molecule has 0 radical (unpaired) electrons. The fraction of sp³-hybridized carbons (Fsp3) is 0.429. The molecule has 2 aromatic heterocycles. The quantitative estimate of drug-likeness (QED) is 0.746. The minimum absolute atomic E-state index is 0.00491. The van der Waals surface area contributed by atoms with E-state index in [0.29, 0.717) is 0 Å². The normalized spacial score (nSPS) is 20.6. The Morgan fingerprint density at radius 2 is 1.88 bits per heavy atom. The highest BCUT2D eigenvalue weighted by Gasteiger charge is 2.21. The second kappa shape index (κ2) is 6.97. The smallest absolute Gasteiger partial charge is 0.260 e. The number of hydrogen-bond acceptors (Lipinski definition) is 3. The van der Waals surface area contributed by atoms with Crippen LogP contribution in [0.3, 0.4) is 0 Å². The van der Waals surface area contributed by atoms with Crippen molar-refractivity contribution in [2.24, 2.45) is 5.92 Å². The van der Waals surface area contributed by atoms with Gasteiger partial charge in [0.25, 0.3) is 5.56 Å². The maximum Gasteiger partial charge on any atom is 0.260 e. The summed E-state index contributed by atoms with van der Waals surface area (Å²) >= 11 is 1.63. The number of benzene rings is 1. The van der Waals surface area contributed by atoms with Gasteiger partial charge in [0, 0.05) is 10.4 Å². The number of H-pyrrole nitrogens is 1. The summed E-state index contributed by atoms with van der Waals surface area (Å²) in [5, 5.41) is 0.738. The van der Waals surface area contributed by atoms with E-state index in [9.17, 15) is 4.79 Å². The molecule has 3 heterocycles. The molecule has 3 aromatic rings. The summed E-state index contributed by atoms with van der Waals surface area (Å²) in [4.78, 5) is 24.3. The molecule has 0 saturated carbocycles. The number of likely N-dealkylation sites (tertiary alicyclic amines) is 1. The lowest BCUT2D eigenvalue weighted by Gasteiger charge is -2.26. The molecule has 1 fully saturated rings. The van der Waals surface area contributed by atoms with Crippen LogP contribution in [0.1, 0.15) is 36.0 Å². The van der Waals surface area contributed by atoms with Crippen molar-refractivity contribution in [3.8, 4) is 11.1 Å². The second-order valence-corrected chi connectivity index (χ2v) is 8.90. The third kappa shape index (κ3) is 3.33. The van der Waals surface area contributed by atoms with E-state index < -0.39 is 0 Å². The van der Waals surface area contributed by atoms with Gasteiger partial charge >= 0.3 is 0 Å². The first-order valence-electron chi connectivity index (χ1n) is 9.44. The van der Waals surface area contributed by atoms with Crippen LogP contribution < -0.4 is 10.5 Å². The molecule has 0 bridgehead atoms. The third-order valence-electron chi connectivity index (χ3n) is 5.53. The van der Waals surface area contributed by atoms with Gasteiger partial charge in [0.1, 0.15) is 11.4 Å². The van der Waals surface area contributed by atoms with Gasteiger partial charge in [-0.1, -0.05) is 36.8 Å². The molecule has 1 saturated heterocycles. The molecule has 0 aliphatic carbocycles. The topological polar surface area (TPSA) is 50.2 Å². The van der Waals surface area contributed by atoms with Gasteiger partial charge in [0.05, 0.1) is 18.5 Å². The Kier molecular flexibility index (Phi) is 4.67. The van der Waals surface area contributed by atoms with Gasteiger partial charge in [-0.05, 0) is 38.2 Å². The van der Waals surface area contributed by atoms with Gasteiger partial charge in [-0.15, -0.1) is 11.3 Å². The van der Waals surface area contributed by atoms with Crippen molar-refractivity contribution < 1.29 is 4.90 Å². The van der Waals surface area contributed by atoms with Gasteiger partial charge in [0.15, 0.2) is 5.82 Å². The number of fused-ring (bicyclic) bond motifs is 1. The maximum absolute atomic E-state index is 12.9. The number of nitrogens with one attached hydrogen (secondary N) is 2. The van der Waals surface area contributed by atoms with E-state index in [0.717, 1.165) is 44.5 Å². The lowest BCUT2D eigenvalue weighted by atomic mass is 9.99. The summed E-state index contributed by atoms with van der Waals surface area (Å²) in [6.07, 6.45) is 2.52. The number of aryl methyl sites for hydroxylation is 2. The summed E-state index contributed by atoms with van der Waals surface area (Å²) in [6.45, 7) is 9.63. The molecule has 0 atom stereocenters. The Balaban J connectivity index is 1.70. The third-order valence-corrected chi connectivity index (χ3v) is 6.53. The van der Waals surface area contributed by atoms with E-state index in [1.807, 2.05) is 0 Å². The number of aromatic nitrogens is 2. The first-order valence-corrected chi connectivity index (χ1v) is 10.3. The van der Waals surface area contributed by atoms with Crippen molar-refractivity contribution in [1.82, 2.24) is 9.97 Å². The van der Waals surface area contributed by atoms with Gasteiger partial charge in [-0.3, -0.25) is 4.79 Å². The zero-order valence-corrected chi connectivity index (χ0v) is 16.5. The van der Waals surface area contributed by atoms with E-state index in [-0.39, 0.29) is 5.56 Å². The lowest BCUT2D eigenvalue weighted by molar-refractivity contribution is -0.920. The van der Waals surface area contributed by atoms with Gasteiger partial charge in [0.2, 0.25) is 0 Å². The molecule has 0 amide bonds. The number of hydrogen-bond donors (Lipinski definition) is 2. The molecule has 1 aliphatic heterocycles. The average molecular weight is 369 g/mol. The molecule has 1 aromatic carbocycles. The van der Waals surface area contributed by atoms with Crippen LogP contribution in [0.2, 0.25) is 0 Å². The molecule has 26 heavy (non-hydrogen) atoms. The zero-order valence-electron chi connectivity index (χ0n) is 15.7. The van der Waals surface area contributed by atoms with E-state index in [1.54, 1.807) is 11.3 Å². The molecule has 5 heteroatoms. The molecular weight excluding hydrogens is 342 g/mol. The van der Waals surface area contributed by atoms with Crippen molar-refractivity contribution in [3.63, 3.8) is 0 Å². The van der Waals surface area contributed by atoms with Crippen LogP contribution in [0.25, 0.3) is 21.3 Å². The molecule has 136 valence electrons. The number of thiophene rings is 1. The molecule has 4 nitrogen and oxygen atoms in total. The molecule has 0 spiro atoms. The van der Waals surface area contributed by atoms with Crippen LogP contribution in [0.15, 0.2) is 29.1 Å². The average Bonchev–Trinajstić information content (AvgIpc) is 2.94. The van der Waals surface area contributed by atoms with Crippen molar-refractivity contribution in [3.05, 3.63) is 50.9 Å². The zero-order chi connectivity index (χ0) is 18.3. The molecule has 2 N–H and O–H groups in total. The minimum Gasteiger partial charge on any atom is -0.329 e. The molecule has 0 unspecified atom stereocenters. The largest absolute Gasteiger partial charge is 0.329 e. The standard InChI is InChI=1S/C21H25N3OS/c1-13-4-6-16(7-5-13)18-15(3)26-21-19(18)20(25)22-17(23-21)12-24-10-8-14(2)9-11-24/h4-7,14H,8-12H2,1-3H3,(H,22,23,25)/p+1. The fourth-order valence-electron chi connectivity index (χ4n) is 3.90. The number of nitrogens with zero attached hydrogens (tertiary/aromatic N) is 1. The first-order chi connectivity index (χ1) is 12.5. The van der Waals surface area contributed by atoms with Crippen LogP contribution in [0, 0.1) is 19.8 Å². The van der Waals surface area contributed by atoms with Crippen molar-refractivity contribution in [1.29, 1.82) is 0 Å². The van der Waals surface area contributed by atoms with E-state index in [2.05, 4.69) is 50.0 Å². The maximum atomic E-state index is 12.9. The predicted octanol–water partition coefficient (Wildman–Crippen LogP) is 3.08. The SMILES string of the molecule is Cc1ccc(-c2c(C)sc3nc(C[NH+]4CCC(C)CC4)[nH]c(=O)c23)cc1. The van der Waals surface area contributed by atoms with E-state index in [4.69, 9.17) is 4.98 Å². The van der Waals surface area contributed by atoms with Crippen molar-refractivity contribution in [2.45, 2.75) is 40.2 Å². The fourth-order valence-corrected chi connectivity index (χ4v) is 4.96. The minimum atomic E-state index is -0.00491. The summed E-state index contributed by atoms with van der Waals surface area (Å²) in [5.41, 5.74) is 3.34. The highest BCUT2D eigenvalue weighted by atomic mass is 32.1. The summed E-state index contributed by atoms with van der Waals surface area (Å²) in [7, 11) is 0. The van der Waals surface area contributed by atoms with Gasteiger partial charge in [-0.2, -0.15) is 0 Å². The Bertz CT molecular complexity index is 979. The van der Waals surface area contributed by atoms with Crippen molar-refractivity contribution in [2.75, 3.05) is 13.1 Å². The number of quaternary nitrogens is 1. The highest BCUT2D eigenvalue weighted by molar-refractivity contribution is 7.19. The Morgan fingerprint density at radius 3 is 2.58 bits per heavy atom.